The molecule has 1 fully saturated rings. The molecule has 0 bridgehead atoms. The Kier molecular flexibility index (Phi) is 1.71. The Morgan fingerprint density at radius 2 is 2.07 bits per heavy atom. The van der Waals surface area contributed by atoms with Crippen molar-refractivity contribution in [2.24, 2.45) is 0 Å². The molecule has 0 saturated heterocycles. The van der Waals surface area contributed by atoms with Gasteiger partial charge in [-0.1, -0.05) is 11.6 Å². The molecule has 0 unspecified atom stereocenters. The number of H-pyrrole nitrogens is 1. The van der Waals surface area contributed by atoms with E-state index in [0.717, 1.165) is 35.0 Å². The number of rotatable bonds is 1. The van der Waals surface area contributed by atoms with Crippen molar-refractivity contribution in [3.63, 3.8) is 0 Å². The van der Waals surface area contributed by atoms with Gasteiger partial charge < -0.3 is 10.1 Å². The average Bonchev–Trinajstić information content (AvgIpc) is 2.78. The summed E-state index contributed by atoms with van der Waals surface area (Å²) in [7, 11) is 0. The molecule has 15 heavy (non-hydrogen) atoms. The van der Waals surface area contributed by atoms with E-state index in [2.05, 4.69) is 11.1 Å². The number of benzene rings is 1. The summed E-state index contributed by atoms with van der Waals surface area (Å²) in [5, 5.41) is 11.8. The van der Waals surface area contributed by atoms with E-state index in [-0.39, 0.29) is 0 Å². The topological polar surface area (TPSA) is 36.0 Å². The molecule has 1 aromatic carbocycles. The van der Waals surface area contributed by atoms with Gasteiger partial charge in [0.15, 0.2) is 0 Å². The Morgan fingerprint density at radius 3 is 2.73 bits per heavy atom. The van der Waals surface area contributed by atoms with Gasteiger partial charge in [-0.3, -0.25) is 0 Å². The normalized spacial score (nSPS) is 18.3. The van der Waals surface area contributed by atoms with Crippen molar-refractivity contribution in [1.29, 1.82) is 0 Å². The highest BCUT2D eigenvalue weighted by atomic mass is 35.5. The van der Waals surface area contributed by atoms with Crippen LogP contribution in [0.1, 0.15) is 24.1 Å². The first-order valence-corrected chi connectivity index (χ1v) is 5.48. The fourth-order valence-electron chi connectivity index (χ4n) is 2.04. The highest BCUT2D eigenvalue weighted by molar-refractivity contribution is 6.32. The van der Waals surface area contributed by atoms with Crippen LogP contribution < -0.4 is 0 Å². The number of hydrogen-bond acceptors (Lipinski definition) is 1. The van der Waals surface area contributed by atoms with Crippen molar-refractivity contribution in [3.8, 4) is 0 Å². The van der Waals surface area contributed by atoms with Crippen LogP contribution in [0.15, 0.2) is 18.2 Å². The second-order valence-corrected chi connectivity index (χ2v) is 4.81. The first-order valence-electron chi connectivity index (χ1n) is 5.10. The molecule has 2 aromatic rings. The minimum atomic E-state index is -0.662. The molecule has 78 valence electrons. The standard InChI is InChI=1S/C12H12ClNO/c1-7-4-8-5-10(13)9(6-11(8)14-7)12(15)2-3-12/h4-6,14-15H,2-3H2,1H3. The Bertz CT molecular complexity index is 540. The second-order valence-electron chi connectivity index (χ2n) is 4.40. The van der Waals surface area contributed by atoms with Gasteiger partial charge in [-0.25, -0.2) is 0 Å². The zero-order valence-corrected chi connectivity index (χ0v) is 9.23. The number of aromatic amines is 1. The molecular weight excluding hydrogens is 210 g/mol. The van der Waals surface area contributed by atoms with Gasteiger partial charge in [0.2, 0.25) is 0 Å². The molecule has 1 aromatic heterocycles. The van der Waals surface area contributed by atoms with Crippen molar-refractivity contribution < 1.29 is 5.11 Å². The number of halogens is 1. The molecule has 3 heteroatoms. The molecule has 1 aliphatic rings. The first-order chi connectivity index (χ1) is 7.08. The molecule has 0 aliphatic heterocycles. The number of hydrogen-bond donors (Lipinski definition) is 2. The van der Waals surface area contributed by atoms with Crippen molar-refractivity contribution in [2.75, 3.05) is 0 Å². The third-order valence-electron chi connectivity index (χ3n) is 3.07. The predicted octanol–water partition coefficient (Wildman–Crippen LogP) is 3.11. The summed E-state index contributed by atoms with van der Waals surface area (Å²) >= 11 is 6.16. The van der Waals surface area contributed by atoms with Crippen LogP contribution in [0.4, 0.5) is 0 Å². The van der Waals surface area contributed by atoms with Crippen LogP contribution in [-0.2, 0) is 5.60 Å². The lowest BCUT2D eigenvalue weighted by molar-refractivity contribution is 0.152. The molecule has 0 spiro atoms. The zero-order chi connectivity index (χ0) is 10.6. The van der Waals surface area contributed by atoms with Crippen LogP contribution >= 0.6 is 11.6 Å². The summed E-state index contributed by atoms with van der Waals surface area (Å²) < 4.78 is 0. The fraction of sp³-hybridized carbons (Fsp3) is 0.333. The maximum absolute atomic E-state index is 10.0. The van der Waals surface area contributed by atoms with Crippen LogP contribution in [-0.4, -0.2) is 10.1 Å². The summed E-state index contributed by atoms with van der Waals surface area (Å²) in [6.45, 7) is 2.01. The van der Waals surface area contributed by atoms with E-state index >= 15 is 0 Å². The van der Waals surface area contributed by atoms with E-state index in [0.29, 0.717) is 5.02 Å². The van der Waals surface area contributed by atoms with Crippen molar-refractivity contribution >= 4 is 22.5 Å². The molecule has 1 saturated carbocycles. The SMILES string of the molecule is Cc1cc2cc(Cl)c(C3(O)CC3)cc2[nH]1. The Balaban J connectivity index is 2.26. The molecular formula is C12H12ClNO. The van der Waals surface area contributed by atoms with Gasteiger partial charge in [-0.2, -0.15) is 0 Å². The lowest BCUT2D eigenvalue weighted by Crippen LogP contribution is -2.04. The first kappa shape index (κ1) is 9.25. The quantitative estimate of drug-likeness (QED) is 0.763. The summed E-state index contributed by atoms with van der Waals surface area (Å²) in [6, 6.07) is 5.95. The Labute approximate surface area is 92.9 Å². The Morgan fingerprint density at radius 1 is 1.33 bits per heavy atom. The van der Waals surface area contributed by atoms with E-state index < -0.39 is 5.60 Å². The smallest absolute Gasteiger partial charge is 0.0914 e. The molecule has 1 heterocycles. The molecule has 0 atom stereocenters. The number of fused-ring (bicyclic) bond motifs is 1. The average molecular weight is 222 g/mol. The minimum Gasteiger partial charge on any atom is -0.385 e. The van der Waals surface area contributed by atoms with Gasteiger partial charge in [0.25, 0.3) is 0 Å². The predicted molar refractivity (Wildman–Crippen MR) is 61.2 cm³/mol. The largest absolute Gasteiger partial charge is 0.385 e. The lowest BCUT2D eigenvalue weighted by Gasteiger charge is -2.10. The van der Waals surface area contributed by atoms with Crippen molar-refractivity contribution in [2.45, 2.75) is 25.4 Å². The van der Waals surface area contributed by atoms with Gasteiger partial charge in [0, 0.05) is 27.2 Å². The van der Waals surface area contributed by atoms with Crippen LogP contribution in [0.5, 0.6) is 0 Å². The van der Waals surface area contributed by atoms with Crippen molar-refractivity contribution in [1.82, 2.24) is 4.98 Å². The molecule has 0 amide bonds. The highest BCUT2D eigenvalue weighted by Gasteiger charge is 2.43. The number of aliphatic hydroxyl groups is 1. The summed E-state index contributed by atoms with van der Waals surface area (Å²) in [5.74, 6) is 0. The lowest BCUT2D eigenvalue weighted by atomic mass is 10.1. The van der Waals surface area contributed by atoms with Crippen molar-refractivity contribution in [3.05, 3.63) is 34.5 Å². The summed E-state index contributed by atoms with van der Waals surface area (Å²) in [4.78, 5) is 3.26. The maximum atomic E-state index is 10.0. The third-order valence-corrected chi connectivity index (χ3v) is 3.38. The molecule has 2 N–H and O–H groups in total. The second kappa shape index (κ2) is 2.77. The summed E-state index contributed by atoms with van der Waals surface area (Å²) in [6.07, 6.45) is 1.63. The summed E-state index contributed by atoms with van der Waals surface area (Å²) in [5.41, 5.74) is 2.36. The highest BCUT2D eigenvalue weighted by Crippen LogP contribution is 2.48. The van der Waals surface area contributed by atoms with Crippen LogP contribution in [0.3, 0.4) is 0 Å². The van der Waals surface area contributed by atoms with E-state index in [1.807, 2.05) is 19.1 Å². The van der Waals surface area contributed by atoms with Gasteiger partial charge in [-0.15, -0.1) is 0 Å². The van der Waals surface area contributed by atoms with Gasteiger partial charge in [-0.05, 0) is 38.0 Å². The minimum absolute atomic E-state index is 0.662. The number of aromatic nitrogens is 1. The third kappa shape index (κ3) is 1.36. The fourth-order valence-corrected chi connectivity index (χ4v) is 2.39. The van der Waals surface area contributed by atoms with Gasteiger partial charge >= 0.3 is 0 Å². The number of aryl methyl sites for hydroxylation is 1. The molecule has 2 nitrogen and oxygen atoms in total. The van der Waals surface area contributed by atoms with E-state index in [1.165, 1.54) is 0 Å². The maximum Gasteiger partial charge on any atom is 0.0914 e. The van der Waals surface area contributed by atoms with Crippen LogP contribution in [0, 0.1) is 6.92 Å². The van der Waals surface area contributed by atoms with E-state index in [9.17, 15) is 5.11 Å². The van der Waals surface area contributed by atoms with Gasteiger partial charge in [0.05, 0.1) is 5.60 Å². The van der Waals surface area contributed by atoms with E-state index in [1.54, 1.807) is 0 Å². The molecule has 1 aliphatic carbocycles. The zero-order valence-electron chi connectivity index (χ0n) is 8.47. The monoisotopic (exact) mass is 221 g/mol. The van der Waals surface area contributed by atoms with Crippen LogP contribution in [0.2, 0.25) is 5.02 Å². The van der Waals surface area contributed by atoms with E-state index in [4.69, 9.17) is 11.6 Å². The van der Waals surface area contributed by atoms with Crippen LogP contribution in [0.25, 0.3) is 10.9 Å². The Hall–Kier alpha value is -0.990. The number of nitrogens with one attached hydrogen (secondary N) is 1. The molecule has 0 radical (unpaired) electrons. The van der Waals surface area contributed by atoms with Gasteiger partial charge in [0.1, 0.15) is 0 Å². The molecule has 3 rings (SSSR count).